The summed E-state index contributed by atoms with van der Waals surface area (Å²) in [6.07, 6.45) is 2.94. The van der Waals surface area contributed by atoms with E-state index in [1.165, 1.54) is 13.0 Å². The first kappa shape index (κ1) is 22.3. The molecule has 8 heteroatoms. The van der Waals surface area contributed by atoms with Crippen molar-refractivity contribution in [2.24, 2.45) is 5.92 Å². The van der Waals surface area contributed by atoms with Crippen LogP contribution in [0, 0.1) is 5.92 Å². The minimum absolute atomic E-state index is 0.196. The second kappa shape index (κ2) is 8.57. The molecular weight excluding hydrogens is 376 g/mol. The molecule has 0 aromatic heterocycles. The fourth-order valence-electron chi connectivity index (χ4n) is 3.64. The molecule has 1 N–H and O–H groups in total. The molecule has 3 atom stereocenters. The molecule has 1 aliphatic rings. The molecular formula is C21H26N2O6. The van der Waals surface area contributed by atoms with Crippen LogP contribution >= 0.6 is 0 Å². The molecule has 0 saturated carbocycles. The summed E-state index contributed by atoms with van der Waals surface area (Å²) in [4.78, 5) is 51.7. The maximum Gasteiger partial charge on any atom is 0.351 e. The number of hydrogen-bond acceptors (Lipinski definition) is 7. The first-order chi connectivity index (χ1) is 13.6. The molecule has 0 bridgehead atoms. The molecule has 2 rings (SSSR count). The smallest absolute Gasteiger partial charge is 0.351 e. The summed E-state index contributed by atoms with van der Waals surface area (Å²) in [5.41, 5.74) is -2.75. The van der Waals surface area contributed by atoms with Crippen LogP contribution in [0.3, 0.4) is 0 Å². The minimum Gasteiger partial charge on any atom is -0.466 e. The standard InChI is InChI=1S/C21H26N2O6/c1-14(24)22-20(23(3)4)12-11-17(18(26)16-9-7-6-8-10-16)21(13-20,19(27)28-5)29-15(2)25/h6-12,17H,13H2,1-5H3,(H,22,24). The van der Waals surface area contributed by atoms with Crippen molar-refractivity contribution in [1.82, 2.24) is 10.2 Å². The van der Waals surface area contributed by atoms with Gasteiger partial charge in [-0.2, -0.15) is 0 Å². The Labute approximate surface area is 169 Å². The van der Waals surface area contributed by atoms with Crippen LogP contribution in [0.5, 0.6) is 0 Å². The highest BCUT2D eigenvalue weighted by atomic mass is 16.6. The largest absolute Gasteiger partial charge is 0.466 e. The summed E-state index contributed by atoms with van der Waals surface area (Å²) in [5.74, 6) is -3.49. The lowest BCUT2D eigenvalue weighted by Gasteiger charge is -2.48. The van der Waals surface area contributed by atoms with Gasteiger partial charge < -0.3 is 14.8 Å². The quantitative estimate of drug-likeness (QED) is 0.331. The van der Waals surface area contributed by atoms with Crippen molar-refractivity contribution in [2.75, 3.05) is 21.2 Å². The fraction of sp³-hybridized carbons (Fsp3) is 0.429. The molecule has 1 amide bonds. The number of Topliss-reactive ketones (excluding diaryl/α,β-unsaturated/α-hetero) is 1. The number of nitrogens with zero attached hydrogens (tertiary/aromatic N) is 1. The maximum atomic E-state index is 13.3. The van der Waals surface area contributed by atoms with Crippen LogP contribution in [0.25, 0.3) is 0 Å². The molecule has 29 heavy (non-hydrogen) atoms. The van der Waals surface area contributed by atoms with Crippen molar-refractivity contribution >= 4 is 23.6 Å². The van der Waals surface area contributed by atoms with Gasteiger partial charge in [0.1, 0.15) is 5.66 Å². The van der Waals surface area contributed by atoms with Crippen LogP contribution in [0.15, 0.2) is 42.5 Å². The lowest BCUT2D eigenvalue weighted by molar-refractivity contribution is -0.189. The number of methoxy groups -OCH3 is 1. The molecule has 1 aromatic rings. The van der Waals surface area contributed by atoms with Gasteiger partial charge in [-0.05, 0) is 20.2 Å². The zero-order chi connectivity index (χ0) is 21.8. The molecule has 0 radical (unpaired) electrons. The molecule has 1 aliphatic carbocycles. The molecule has 3 unspecified atom stereocenters. The molecule has 8 nitrogen and oxygen atoms in total. The average molecular weight is 402 g/mol. The van der Waals surface area contributed by atoms with Gasteiger partial charge >= 0.3 is 11.9 Å². The van der Waals surface area contributed by atoms with Crippen molar-refractivity contribution < 1.29 is 28.7 Å². The number of likely N-dealkylation sites (N-methyl/N-ethyl adjacent to an activating group) is 1. The fourth-order valence-corrected chi connectivity index (χ4v) is 3.64. The van der Waals surface area contributed by atoms with Crippen LogP contribution in [0.4, 0.5) is 0 Å². The van der Waals surface area contributed by atoms with Crippen LogP contribution in [0.1, 0.15) is 30.6 Å². The number of carbonyl (C=O) groups excluding carboxylic acids is 4. The summed E-state index contributed by atoms with van der Waals surface area (Å²) < 4.78 is 10.5. The summed E-state index contributed by atoms with van der Waals surface area (Å²) in [6, 6.07) is 8.40. The van der Waals surface area contributed by atoms with E-state index < -0.39 is 34.9 Å². The SMILES string of the molecule is COC(=O)C1(OC(C)=O)CC(NC(C)=O)(N(C)C)C=CC1C(=O)c1ccccc1. The highest BCUT2D eigenvalue weighted by Gasteiger charge is 2.59. The predicted octanol–water partition coefficient (Wildman–Crippen LogP) is 1.31. The van der Waals surface area contributed by atoms with E-state index in [9.17, 15) is 19.2 Å². The molecule has 0 aliphatic heterocycles. The Morgan fingerprint density at radius 2 is 1.72 bits per heavy atom. The monoisotopic (exact) mass is 402 g/mol. The minimum atomic E-state index is -1.95. The number of nitrogens with one attached hydrogen (secondary N) is 1. The predicted molar refractivity (Wildman–Crippen MR) is 105 cm³/mol. The van der Waals surface area contributed by atoms with Crippen molar-refractivity contribution in [3.8, 4) is 0 Å². The molecule has 0 spiro atoms. The highest BCUT2D eigenvalue weighted by Crippen LogP contribution is 2.41. The van der Waals surface area contributed by atoms with Gasteiger partial charge in [0.05, 0.1) is 13.0 Å². The number of ketones is 1. The van der Waals surface area contributed by atoms with Gasteiger partial charge in [-0.3, -0.25) is 19.3 Å². The first-order valence-corrected chi connectivity index (χ1v) is 9.11. The number of esters is 2. The molecule has 0 fully saturated rings. The van der Waals surface area contributed by atoms with Gasteiger partial charge in [0, 0.05) is 25.8 Å². The van der Waals surface area contributed by atoms with Crippen LogP contribution in [0.2, 0.25) is 0 Å². The van der Waals surface area contributed by atoms with Gasteiger partial charge in [-0.25, -0.2) is 4.79 Å². The van der Waals surface area contributed by atoms with Crippen molar-refractivity contribution in [2.45, 2.75) is 31.5 Å². The van der Waals surface area contributed by atoms with Gasteiger partial charge in [0.15, 0.2) is 5.78 Å². The second-order valence-electron chi connectivity index (χ2n) is 7.22. The van der Waals surface area contributed by atoms with Crippen LogP contribution in [-0.2, 0) is 23.9 Å². The Morgan fingerprint density at radius 3 is 2.21 bits per heavy atom. The van der Waals surface area contributed by atoms with E-state index in [0.29, 0.717) is 5.56 Å². The van der Waals surface area contributed by atoms with E-state index in [-0.39, 0.29) is 12.3 Å². The van der Waals surface area contributed by atoms with E-state index in [1.807, 2.05) is 0 Å². The average Bonchev–Trinajstić information content (AvgIpc) is 2.66. The number of ether oxygens (including phenoxy) is 2. The Kier molecular flexibility index (Phi) is 6.58. The second-order valence-corrected chi connectivity index (χ2v) is 7.22. The normalized spacial score (nSPS) is 25.9. The van der Waals surface area contributed by atoms with Gasteiger partial charge in [-0.15, -0.1) is 0 Å². The van der Waals surface area contributed by atoms with Crippen molar-refractivity contribution in [1.29, 1.82) is 0 Å². The summed E-state index contributed by atoms with van der Waals surface area (Å²) >= 11 is 0. The van der Waals surface area contributed by atoms with E-state index in [4.69, 9.17) is 9.47 Å². The van der Waals surface area contributed by atoms with Gasteiger partial charge in [0.2, 0.25) is 11.5 Å². The lowest BCUT2D eigenvalue weighted by Crippen LogP contribution is -2.67. The van der Waals surface area contributed by atoms with Gasteiger partial charge in [-0.1, -0.05) is 36.4 Å². The Balaban J connectivity index is 2.69. The summed E-state index contributed by atoms with van der Waals surface area (Å²) in [7, 11) is 4.57. The molecule has 0 heterocycles. The first-order valence-electron chi connectivity index (χ1n) is 9.11. The number of benzene rings is 1. The third-order valence-electron chi connectivity index (χ3n) is 4.99. The molecule has 1 aromatic carbocycles. The van der Waals surface area contributed by atoms with Crippen LogP contribution < -0.4 is 5.32 Å². The topological polar surface area (TPSA) is 102 Å². The number of hydrogen-bond donors (Lipinski definition) is 1. The van der Waals surface area contributed by atoms with E-state index >= 15 is 0 Å². The zero-order valence-electron chi connectivity index (χ0n) is 17.2. The van der Waals surface area contributed by atoms with Crippen LogP contribution in [-0.4, -0.2) is 61.0 Å². The van der Waals surface area contributed by atoms with E-state index in [0.717, 1.165) is 14.0 Å². The Hall–Kier alpha value is -3.00. The highest BCUT2D eigenvalue weighted by molar-refractivity contribution is 6.04. The number of carbonyl (C=O) groups is 4. The van der Waals surface area contributed by atoms with Crippen molar-refractivity contribution in [3.63, 3.8) is 0 Å². The Bertz CT molecular complexity index is 835. The third-order valence-corrected chi connectivity index (χ3v) is 4.99. The summed E-state index contributed by atoms with van der Waals surface area (Å²) in [5, 5.41) is 2.79. The summed E-state index contributed by atoms with van der Waals surface area (Å²) in [6.45, 7) is 2.49. The maximum absolute atomic E-state index is 13.3. The Morgan fingerprint density at radius 1 is 1.10 bits per heavy atom. The van der Waals surface area contributed by atoms with Gasteiger partial charge in [0.25, 0.3) is 0 Å². The van der Waals surface area contributed by atoms with Crippen molar-refractivity contribution in [3.05, 3.63) is 48.0 Å². The third kappa shape index (κ3) is 4.37. The number of rotatable bonds is 6. The zero-order valence-corrected chi connectivity index (χ0v) is 17.2. The van der Waals surface area contributed by atoms with E-state index in [1.54, 1.807) is 55.4 Å². The molecule has 0 saturated heterocycles. The van der Waals surface area contributed by atoms with E-state index in [2.05, 4.69) is 5.32 Å². The number of amides is 1. The molecule has 156 valence electrons. The lowest BCUT2D eigenvalue weighted by atomic mass is 9.71.